The van der Waals surface area contributed by atoms with E-state index < -0.39 is 10.0 Å². The van der Waals surface area contributed by atoms with Gasteiger partial charge >= 0.3 is 0 Å². The lowest BCUT2D eigenvalue weighted by Gasteiger charge is -2.27. The standard InChI is InChI=1S/C13H20BrN3O2S/c1-11-12(14)3-2-4-13(11)16-20(18,19)10-9-17-7-5-15-6-8-17/h2-4,15-16H,5-10H2,1H3. The van der Waals surface area contributed by atoms with Crippen LogP contribution in [0.1, 0.15) is 5.56 Å². The van der Waals surface area contributed by atoms with Crippen molar-refractivity contribution >= 4 is 31.6 Å². The smallest absolute Gasteiger partial charge is 0.233 e. The van der Waals surface area contributed by atoms with Gasteiger partial charge < -0.3 is 5.32 Å². The second-order valence-corrected chi connectivity index (χ2v) is 7.62. The second-order valence-electron chi connectivity index (χ2n) is 4.92. The molecule has 112 valence electrons. The summed E-state index contributed by atoms with van der Waals surface area (Å²) in [5.74, 6) is 0.124. The predicted octanol–water partition coefficient (Wildman–Crippen LogP) is 1.40. The molecule has 2 N–H and O–H groups in total. The number of hydrogen-bond donors (Lipinski definition) is 2. The summed E-state index contributed by atoms with van der Waals surface area (Å²) >= 11 is 3.41. The van der Waals surface area contributed by atoms with Crippen LogP contribution in [0, 0.1) is 6.92 Å². The van der Waals surface area contributed by atoms with E-state index in [0.29, 0.717) is 12.2 Å². The molecule has 0 spiro atoms. The second kappa shape index (κ2) is 6.89. The molecule has 1 heterocycles. The molecule has 0 aromatic heterocycles. The lowest BCUT2D eigenvalue weighted by Crippen LogP contribution is -2.45. The number of benzene rings is 1. The fraction of sp³-hybridized carbons (Fsp3) is 0.538. The number of nitrogens with zero attached hydrogens (tertiary/aromatic N) is 1. The number of halogens is 1. The van der Waals surface area contributed by atoms with Crippen LogP contribution >= 0.6 is 15.9 Å². The van der Waals surface area contributed by atoms with Gasteiger partial charge in [0.25, 0.3) is 0 Å². The summed E-state index contributed by atoms with van der Waals surface area (Å²) < 4.78 is 27.8. The Hall–Kier alpha value is -0.630. The molecule has 1 aliphatic rings. The van der Waals surface area contributed by atoms with Crippen LogP contribution in [-0.2, 0) is 10.0 Å². The highest BCUT2D eigenvalue weighted by atomic mass is 79.9. The summed E-state index contributed by atoms with van der Waals surface area (Å²) in [5.41, 5.74) is 1.54. The number of piperazine rings is 1. The molecule has 0 saturated carbocycles. The van der Waals surface area contributed by atoms with Gasteiger partial charge in [-0.3, -0.25) is 9.62 Å². The van der Waals surface area contributed by atoms with Gasteiger partial charge in [0.05, 0.1) is 11.4 Å². The number of hydrogen-bond acceptors (Lipinski definition) is 4. The molecule has 1 aliphatic heterocycles. The maximum atomic E-state index is 12.1. The van der Waals surface area contributed by atoms with Crippen LogP contribution in [0.3, 0.4) is 0 Å². The molecule has 1 saturated heterocycles. The van der Waals surface area contributed by atoms with E-state index in [2.05, 4.69) is 30.9 Å². The maximum absolute atomic E-state index is 12.1. The van der Waals surface area contributed by atoms with E-state index in [9.17, 15) is 8.42 Å². The largest absolute Gasteiger partial charge is 0.314 e. The first-order valence-corrected chi connectivity index (χ1v) is 9.11. The Morgan fingerprint density at radius 2 is 2.05 bits per heavy atom. The van der Waals surface area contributed by atoms with Crippen molar-refractivity contribution in [2.24, 2.45) is 0 Å². The minimum Gasteiger partial charge on any atom is -0.314 e. The molecular weight excluding hydrogens is 342 g/mol. The third-order valence-corrected chi connectivity index (χ3v) is 5.53. The Kier molecular flexibility index (Phi) is 5.42. The van der Waals surface area contributed by atoms with Crippen molar-refractivity contribution in [1.82, 2.24) is 10.2 Å². The van der Waals surface area contributed by atoms with Crippen LogP contribution in [0.25, 0.3) is 0 Å². The highest BCUT2D eigenvalue weighted by molar-refractivity contribution is 9.10. The summed E-state index contributed by atoms with van der Waals surface area (Å²) in [5, 5.41) is 3.25. The first kappa shape index (κ1) is 15.8. The zero-order valence-electron chi connectivity index (χ0n) is 11.5. The first-order valence-electron chi connectivity index (χ1n) is 6.66. The topological polar surface area (TPSA) is 61.4 Å². The van der Waals surface area contributed by atoms with Crippen molar-refractivity contribution in [3.8, 4) is 0 Å². The van der Waals surface area contributed by atoms with Gasteiger partial charge in [-0.1, -0.05) is 22.0 Å². The molecule has 1 fully saturated rings. The number of anilines is 1. The molecule has 0 unspecified atom stereocenters. The third-order valence-electron chi connectivity index (χ3n) is 3.42. The lowest BCUT2D eigenvalue weighted by molar-refractivity contribution is 0.254. The molecule has 7 heteroatoms. The number of sulfonamides is 1. The van der Waals surface area contributed by atoms with Crippen molar-refractivity contribution in [2.75, 3.05) is 43.2 Å². The molecule has 0 bridgehead atoms. The van der Waals surface area contributed by atoms with Gasteiger partial charge in [-0.25, -0.2) is 8.42 Å². The van der Waals surface area contributed by atoms with E-state index in [1.165, 1.54) is 0 Å². The summed E-state index contributed by atoms with van der Waals surface area (Å²) in [6, 6.07) is 5.50. The minimum atomic E-state index is -3.31. The summed E-state index contributed by atoms with van der Waals surface area (Å²) in [7, 11) is -3.31. The van der Waals surface area contributed by atoms with Crippen molar-refractivity contribution in [1.29, 1.82) is 0 Å². The van der Waals surface area contributed by atoms with Gasteiger partial charge in [-0.05, 0) is 24.6 Å². The van der Waals surface area contributed by atoms with Crippen LogP contribution < -0.4 is 10.0 Å². The van der Waals surface area contributed by atoms with Gasteiger partial charge in [0, 0.05) is 37.2 Å². The zero-order valence-corrected chi connectivity index (χ0v) is 13.9. The predicted molar refractivity (Wildman–Crippen MR) is 85.6 cm³/mol. The highest BCUT2D eigenvalue weighted by Gasteiger charge is 2.16. The molecule has 0 aliphatic carbocycles. The van der Waals surface area contributed by atoms with Gasteiger partial charge in [-0.15, -0.1) is 0 Å². The van der Waals surface area contributed by atoms with E-state index in [4.69, 9.17) is 0 Å². The quantitative estimate of drug-likeness (QED) is 0.832. The molecule has 0 radical (unpaired) electrons. The normalized spacial score (nSPS) is 17.1. The van der Waals surface area contributed by atoms with Crippen LogP contribution in [0.5, 0.6) is 0 Å². The van der Waals surface area contributed by atoms with Gasteiger partial charge in [0.2, 0.25) is 10.0 Å². The van der Waals surface area contributed by atoms with Crippen LogP contribution in [0.4, 0.5) is 5.69 Å². The Bertz CT molecular complexity index is 557. The lowest BCUT2D eigenvalue weighted by atomic mass is 10.2. The van der Waals surface area contributed by atoms with Crippen molar-refractivity contribution in [3.05, 3.63) is 28.2 Å². The molecule has 0 atom stereocenters. The fourth-order valence-electron chi connectivity index (χ4n) is 2.12. The Morgan fingerprint density at radius 3 is 2.75 bits per heavy atom. The van der Waals surface area contributed by atoms with Crippen molar-refractivity contribution in [2.45, 2.75) is 6.92 Å². The fourth-order valence-corrected chi connectivity index (χ4v) is 3.64. The van der Waals surface area contributed by atoms with Gasteiger partial charge in [0.15, 0.2) is 0 Å². The molecule has 0 amide bonds. The Balaban J connectivity index is 1.94. The molecule has 1 aromatic rings. The van der Waals surface area contributed by atoms with Crippen molar-refractivity contribution < 1.29 is 8.42 Å². The monoisotopic (exact) mass is 361 g/mol. The summed E-state index contributed by atoms with van der Waals surface area (Å²) in [6.07, 6.45) is 0. The number of nitrogens with one attached hydrogen (secondary N) is 2. The van der Waals surface area contributed by atoms with E-state index in [1.807, 2.05) is 19.1 Å². The third kappa shape index (κ3) is 4.44. The molecular formula is C13H20BrN3O2S. The van der Waals surface area contributed by atoms with Crippen molar-refractivity contribution in [3.63, 3.8) is 0 Å². The Labute approximate surface area is 128 Å². The average molecular weight is 362 g/mol. The van der Waals surface area contributed by atoms with Gasteiger partial charge in [-0.2, -0.15) is 0 Å². The van der Waals surface area contributed by atoms with Crippen LogP contribution in [0.15, 0.2) is 22.7 Å². The van der Waals surface area contributed by atoms with E-state index in [-0.39, 0.29) is 5.75 Å². The number of rotatable bonds is 5. The Morgan fingerprint density at radius 1 is 1.35 bits per heavy atom. The molecule has 2 rings (SSSR count). The molecule has 5 nitrogen and oxygen atoms in total. The van der Waals surface area contributed by atoms with E-state index >= 15 is 0 Å². The minimum absolute atomic E-state index is 0.124. The molecule has 1 aromatic carbocycles. The summed E-state index contributed by atoms with van der Waals surface area (Å²) in [6.45, 7) is 6.13. The zero-order chi connectivity index (χ0) is 14.6. The maximum Gasteiger partial charge on any atom is 0.233 e. The molecule has 20 heavy (non-hydrogen) atoms. The van der Waals surface area contributed by atoms with Crippen LogP contribution in [-0.4, -0.2) is 51.8 Å². The highest BCUT2D eigenvalue weighted by Crippen LogP contribution is 2.24. The van der Waals surface area contributed by atoms with E-state index in [1.54, 1.807) is 6.07 Å². The average Bonchev–Trinajstić information content (AvgIpc) is 2.43. The van der Waals surface area contributed by atoms with Gasteiger partial charge in [0.1, 0.15) is 0 Å². The van der Waals surface area contributed by atoms with E-state index in [0.717, 1.165) is 36.2 Å². The summed E-state index contributed by atoms with van der Waals surface area (Å²) in [4.78, 5) is 2.17. The first-order chi connectivity index (χ1) is 9.48. The van der Waals surface area contributed by atoms with Crippen LogP contribution in [0.2, 0.25) is 0 Å². The SMILES string of the molecule is Cc1c(Br)cccc1NS(=O)(=O)CCN1CCNCC1.